The molecule has 0 aliphatic carbocycles. The second-order valence-corrected chi connectivity index (χ2v) is 7.61. The van der Waals surface area contributed by atoms with Crippen molar-refractivity contribution in [3.63, 3.8) is 0 Å². The molecule has 0 fully saturated rings. The van der Waals surface area contributed by atoms with E-state index < -0.39 is 10.0 Å². The molecule has 0 saturated carbocycles. The van der Waals surface area contributed by atoms with E-state index in [-0.39, 0.29) is 6.04 Å². The highest BCUT2D eigenvalue weighted by Crippen LogP contribution is 2.27. The summed E-state index contributed by atoms with van der Waals surface area (Å²) in [5.41, 5.74) is 1.65. The molecule has 0 N–H and O–H groups in total. The Bertz CT molecular complexity index is 704. The minimum Gasteiger partial charge on any atom is -0.267 e. The zero-order valence-corrected chi connectivity index (χ0v) is 12.3. The van der Waals surface area contributed by atoms with Crippen molar-refractivity contribution in [3.8, 4) is 0 Å². The number of sulfonamides is 1. The normalized spacial score (nSPS) is 20.4. The van der Waals surface area contributed by atoms with Crippen molar-refractivity contribution < 1.29 is 8.42 Å². The fourth-order valence-corrected chi connectivity index (χ4v) is 4.89. The average molecular weight is 298 g/mol. The quantitative estimate of drug-likeness (QED) is 0.836. The van der Waals surface area contributed by atoms with Crippen molar-refractivity contribution in [2.24, 2.45) is 0 Å². The molecule has 0 radical (unpaired) electrons. The van der Waals surface area contributed by atoms with E-state index in [1.807, 2.05) is 17.7 Å². The highest BCUT2D eigenvalue weighted by molar-refractivity contribution is 7.91. The second-order valence-electron chi connectivity index (χ2n) is 4.69. The lowest BCUT2D eigenvalue weighted by atomic mass is 10.2. The van der Waals surface area contributed by atoms with Crippen LogP contribution in [0.2, 0.25) is 0 Å². The number of aromatic nitrogens is 3. The van der Waals surface area contributed by atoms with Gasteiger partial charge in [-0.25, -0.2) is 8.42 Å². The number of hydrogen-bond donors (Lipinski definition) is 0. The average Bonchev–Trinajstić information content (AvgIpc) is 2.96. The summed E-state index contributed by atoms with van der Waals surface area (Å²) in [6.45, 7) is 4.64. The SMILES string of the molecule is Cc1cc(S(=O)(=O)N2Cc3ccnn3CC2C)sn1. The lowest BCUT2D eigenvalue weighted by Crippen LogP contribution is -2.44. The van der Waals surface area contributed by atoms with Gasteiger partial charge in [0.2, 0.25) is 0 Å². The third kappa shape index (κ3) is 2.09. The molecule has 1 unspecified atom stereocenters. The van der Waals surface area contributed by atoms with Gasteiger partial charge in [0.05, 0.1) is 24.5 Å². The summed E-state index contributed by atoms with van der Waals surface area (Å²) < 4.78 is 33.0. The van der Waals surface area contributed by atoms with Crippen molar-refractivity contribution in [1.29, 1.82) is 0 Å². The van der Waals surface area contributed by atoms with E-state index >= 15 is 0 Å². The Morgan fingerprint density at radius 3 is 2.95 bits per heavy atom. The Hall–Kier alpha value is -1.25. The first-order chi connectivity index (χ1) is 8.98. The summed E-state index contributed by atoms with van der Waals surface area (Å²) in [7, 11) is -3.46. The zero-order chi connectivity index (χ0) is 13.6. The molecular formula is C11H14N4O2S2. The molecule has 19 heavy (non-hydrogen) atoms. The van der Waals surface area contributed by atoms with E-state index in [4.69, 9.17) is 0 Å². The van der Waals surface area contributed by atoms with Crippen LogP contribution < -0.4 is 0 Å². The highest BCUT2D eigenvalue weighted by Gasteiger charge is 2.34. The first kappa shape index (κ1) is 12.8. The Balaban J connectivity index is 1.98. The molecule has 1 atom stereocenters. The molecule has 0 aromatic carbocycles. The molecule has 0 saturated heterocycles. The van der Waals surface area contributed by atoms with Gasteiger partial charge in [0.1, 0.15) is 0 Å². The fraction of sp³-hybridized carbons (Fsp3) is 0.455. The maximum atomic E-state index is 12.6. The molecule has 6 nitrogen and oxygen atoms in total. The van der Waals surface area contributed by atoms with Crippen LogP contribution in [0.1, 0.15) is 18.3 Å². The Morgan fingerprint density at radius 1 is 1.47 bits per heavy atom. The molecule has 0 spiro atoms. The minimum absolute atomic E-state index is 0.111. The van der Waals surface area contributed by atoms with Crippen LogP contribution in [0.15, 0.2) is 22.5 Å². The monoisotopic (exact) mass is 298 g/mol. The van der Waals surface area contributed by atoms with Crippen LogP contribution in [0.25, 0.3) is 0 Å². The second kappa shape index (κ2) is 4.39. The summed E-state index contributed by atoms with van der Waals surface area (Å²) in [6.07, 6.45) is 1.70. The first-order valence-electron chi connectivity index (χ1n) is 5.94. The largest absolute Gasteiger partial charge is 0.267 e. The predicted molar refractivity (Wildman–Crippen MR) is 71.3 cm³/mol. The van der Waals surface area contributed by atoms with Gasteiger partial charge in [0.15, 0.2) is 4.21 Å². The topological polar surface area (TPSA) is 68.1 Å². The number of nitrogens with zero attached hydrogens (tertiary/aromatic N) is 4. The summed E-state index contributed by atoms with van der Waals surface area (Å²) in [5, 5.41) is 4.19. The maximum absolute atomic E-state index is 12.6. The summed E-state index contributed by atoms with van der Waals surface area (Å²) in [6, 6.07) is 3.37. The molecule has 1 aliphatic heterocycles. The van der Waals surface area contributed by atoms with Gasteiger partial charge in [-0.15, -0.1) is 0 Å². The third-order valence-electron chi connectivity index (χ3n) is 3.22. The van der Waals surface area contributed by atoms with Crippen molar-refractivity contribution in [2.75, 3.05) is 0 Å². The highest BCUT2D eigenvalue weighted by atomic mass is 32.2. The molecule has 2 aromatic heterocycles. The number of hydrogen-bond acceptors (Lipinski definition) is 5. The van der Waals surface area contributed by atoms with E-state index in [0.29, 0.717) is 17.3 Å². The van der Waals surface area contributed by atoms with Gasteiger partial charge in [-0.2, -0.15) is 13.8 Å². The molecule has 0 amide bonds. The summed E-state index contributed by atoms with van der Waals surface area (Å²) in [5.74, 6) is 0. The zero-order valence-electron chi connectivity index (χ0n) is 10.6. The van der Waals surface area contributed by atoms with Crippen molar-refractivity contribution in [2.45, 2.75) is 37.2 Å². The van der Waals surface area contributed by atoms with Crippen LogP contribution in [0.4, 0.5) is 0 Å². The van der Waals surface area contributed by atoms with Gasteiger partial charge in [0.25, 0.3) is 10.0 Å². The number of aryl methyl sites for hydroxylation is 1. The van der Waals surface area contributed by atoms with Gasteiger partial charge < -0.3 is 0 Å². The molecule has 1 aliphatic rings. The first-order valence-corrected chi connectivity index (χ1v) is 8.15. The molecule has 102 valence electrons. The van der Waals surface area contributed by atoms with Gasteiger partial charge in [-0.1, -0.05) is 0 Å². The van der Waals surface area contributed by atoms with E-state index in [1.54, 1.807) is 19.2 Å². The lowest BCUT2D eigenvalue weighted by molar-refractivity contribution is 0.249. The predicted octanol–water partition coefficient (Wildman–Crippen LogP) is 1.24. The lowest BCUT2D eigenvalue weighted by Gasteiger charge is -2.32. The van der Waals surface area contributed by atoms with E-state index in [1.165, 1.54) is 4.31 Å². The van der Waals surface area contributed by atoms with Crippen LogP contribution in [0.5, 0.6) is 0 Å². The summed E-state index contributed by atoms with van der Waals surface area (Å²) >= 11 is 1.03. The Kier molecular flexibility index (Phi) is 2.95. The van der Waals surface area contributed by atoms with Crippen LogP contribution in [0, 0.1) is 6.92 Å². The number of fused-ring (bicyclic) bond motifs is 1. The summed E-state index contributed by atoms with van der Waals surface area (Å²) in [4.78, 5) is 0. The van der Waals surface area contributed by atoms with Crippen LogP contribution in [-0.4, -0.2) is 32.9 Å². The van der Waals surface area contributed by atoms with Gasteiger partial charge >= 0.3 is 0 Å². The van der Waals surface area contributed by atoms with Crippen molar-refractivity contribution >= 4 is 21.6 Å². The molecule has 2 aromatic rings. The van der Waals surface area contributed by atoms with Gasteiger partial charge in [0, 0.05) is 12.2 Å². The van der Waals surface area contributed by atoms with E-state index in [2.05, 4.69) is 9.47 Å². The van der Waals surface area contributed by atoms with Crippen molar-refractivity contribution in [1.82, 2.24) is 18.5 Å². The van der Waals surface area contributed by atoms with E-state index in [9.17, 15) is 8.42 Å². The molecule has 0 bridgehead atoms. The fourth-order valence-electron chi connectivity index (χ4n) is 2.21. The molecular weight excluding hydrogens is 284 g/mol. The smallest absolute Gasteiger partial charge is 0.254 e. The van der Waals surface area contributed by atoms with Crippen molar-refractivity contribution in [3.05, 3.63) is 29.7 Å². The Labute approximate surface area is 115 Å². The molecule has 3 rings (SSSR count). The van der Waals surface area contributed by atoms with Gasteiger partial charge in [-0.05, 0) is 37.5 Å². The van der Waals surface area contributed by atoms with Gasteiger partial charge in [-0.3, -0.25) is 4.68 Å². The third-order valence-corrected chi connectivity index (χ3v) is 6.49. The van der Waals surface area contributed by atoms with Crippen LogP contribution in [0.3, 0.4) is 0 Å². The van der Waals surface area contributed by atoms with Crippen LogP contribution in [-0.2, 0) is 23.1 Å². The van der Waals surface area contributed by atoms with Crippen LogP contribution >= 0.6 is 11.5 Å². The molecule has 8 heteroatoms. The minimum atomic E-state index is -3.46. The number of rotatable bonds is 2. The standard InChI is InChI=1S/C11H14N4O2S2/c1-8-5-11(18-13-8)19(16,17)15-7-10-3-4-12-14(10)6-9(15)2/h3-5,9H,6-7H2,1-2H3. The Morgan fingerprint density at radius 2 is 2.26 bits per heavy atom. The van der Waals surface area contributed by atoms with E-state index in [0.717, 1.165) is 22.9 Å². The molecule has 3 heterocycles. The maximum Gasteiger partial charge on any atom is 0.254 e.